The van der Waals surface area contributed by atoms with Gasteiger partial charge in [-0.1, -0.05) is 49.4 Å². The SMILES string of the molecule is CC1C2C=CC3C1C(=O)OC3(c1ccccc1)C2. The second-order valence-corrected chi connectivity index (χ2v) is 5.84. The second-order valence-electron chi connectivity index (χ2n) is 5.84. The van der Waals surface area contributed by atoms with Gasteiger partial charge in [-0.2, -0.15) is 0 Å². The van der Waals surface area contributed by atoms with Crippen molar-refractivity contribution in [1.29, 1.82) is 0 Å². The number of hydrogen-bond donors (Lipinski definition) is 0. The van der Waals surface area contributed by atoms with Crippen LogP contribution in [0.15, 0.2) is 42.5 Å². The van der Waals surface area contributed by atoms with E-state index >= 15 is 0 Å². The molecule has 0 radical (unpaired) electrons. The molecule has 2 heteroatoms. The fourth-order valence-electron chi connectivity index (χ4n) is 4.14. The molecule has 5 atom stereocenters. The van der Waals surface area contributed by atoms with Gasteiger partial charge in [0, 0.05) is 5.92 Å². The van der Waals surface area contributed by atoms with Gasteiger partial charge in [-0.25, -0.2) is 0 Å². The molecule has 2 fully saturated rings. The number of hydrogen-bond acceptors (Lipinski definition) is 2. The average molecular weight is 240 g/mol. The van der Waals surface area contributed by atoms with Gasteiger partial charge in [0.25, 0.3) is 0 Å². The van der Waals surface area contributed by atoms with Gasteiger partial charge in [-0.05, 0) is 23.8 Å². The molecule has 0 spiro atoms. The maximum atomic E-state index is 12.2. The largest absolute Gasteiger partial charge is 0.453 e. The highest BCUT2D eigenvalue weighted by Crippen LogP contribution is 2.60. The first-order valence-electron chi connectivity index (χ1n) is 6.69. The van der Waals surface area contributed by atoms with E-state index in [1.54, 1.807) is 0 Å². The minimum atomic E-state index is -0.380. The molecule has 1 aromatic carbocycles. The molecule has 0 aromatic heterocycles. The number of rotatable bonds is 1. The fourth-order valence-corrected chi connectivity index (χ4v) is 4.14. The molecule has 0 amide bonds. The molecular weight excluding hydrogens is 224 g/mol. The Balaban J connectivity index is 1.89. The maximum absolute atomic E-state index is 12.2. The molecule has 5 unspecified atom stereocenters. The second kappa shape index (κ2) is 3.25. The van der Waals surface area contributed by atoms with Gasteiger partial charge in [0.15, 0.2) is 0 Å². The molecular formula is C16H16O2. The van der Waals surface area contributed by atoms with E-state index in [-0.39, 0.29) is 23.4 Å². The summed E-state index contributed by atoms with van der Waals surface area (Å²) in [7, 11) is 0. The molecule has 4 bridgehead atoms. The van der Waals surface area contributed by atoms with Gasteiger partial charge < -0.3 is 4.74 Å². The summed E-state index contributed by atoms with van der Waals surface area (Å²) in [5.41, 5.74) is 0.779. The lowest BCUT2D eigenvalue weighted by Gasteiger charge is -2.46. The Hall–Kier alpha value is -1.57. The van der Waals surface area contributed by atoms with Crippen molar-refractivity contribution in [2.75, 3.05) is 0 Å². The topological polar surface area (TPSA) is 26.3 Å². The third-order valence-corrected chi connectivity index (χ3v) is 5.09. The van der Waals surface area contributed by atoms with Crippen LogP contribution < -0.4 is 0 Å². The number of benzene rings is 1. The molecule has 1 aliphatic heterocycles. The molecule has 1 heterocycles. The van der Waals surface area contributed by atoms with Crippen LogP contribution in [0.2, 0.25) is 0 Å². The molecule has 92 valence electrons. The van der Waals surface area contributed by atoms with Gasteiger partial charge in [0.2, 0.25) is 0 Å². The predicted molar refractivity (Wildman–Crippen MR) is 67.6 cm³/mol. The van der Waals surface area contributed by atoms with Crippen molar-refractivity contribution in [3.8, 4) is 0 Å². The first kappa shape index (κ1) is 10.4. The van der Waals surface area contributed by atoms with Crippen LogP contribution in [-0.2, 0) is 15.1 Å². The molecule has 1 aromatic rings. The van der Waals surface area contributed by atoms with Crippen LogP contribution in [0.3, 0.4) is 0 Å². The van der Waals surface area contributed by atoms with Gasteiger partial charge in [0.05, 0.1) is 5.92 Å². The van der Waals surface area contributed by atoms with E-state index in [4.69, 9.17) is 4.74 Å². The van der Waals surface area contributed by atoms with Gasteiger partial charge in [-0.15, -0.1) is 0 Å². The Kier molecular flexibility index (Phi) is 1.87. The van der Waals surface area contributed by atoms with Gasteiger partial charge in [0.1, 0.15) is 5.60 Å². The first-order valence-corrected chi connectivity index (χ1v) is 6.69. The van der Waals surface area contributed by atoms with Crippen molar-refractivity contribution in [1.82, 2.24) is 0 Å². The minimum Gasteiger partial charge on any atom is -0.453 e. The molecule has 2 nitrogen and oxygen atoms in total. The lowest BCUT2D eigenvalue weighted by Crippen LogP contribution is -2.46. The zero-order chi connectivity index (χ0) is 12.3. The minimum absolute atomic E-state index is 0.00297. The van der Waals surface area contributed by atoms with Crippen molar-refractivity contribution in [3.05, 3.63) is 48.0 Å². The molecule has 18 heavy (non-hydrogen) atoms. The number of carbonyl (C=O) groups is 1. The Labute approximate surface area is 107 Å². The number of allylic oxidation sites excluding steroid dienone is 1. The smallest absolute Gasteiger partial charge is 0.310 e. The van der Waals surface area contributed by atoms with Crippen molar-refractivity contribution in [2.24, 2.45) is 23.7 Å². The normalized spacial score (nSPS) is 44.2. The summed E-state index contributed by atoms with van der Waals surface area (Å²) >= 11 is 0. The average Bonchev–Trinajstić information content (AvgIpc) is 2.66. The summed E-state index contributed by atoms with van der Waals surface area (Å²) in [5, 5.41) is 0. The van der Waals surface area contributed by atoms with Gasteiger partial charge in [-0.3, -0.25) is 4.79 Å². The van der Waals surface area contributed by atoms with Crippen LogP contribution >= 0.6 is 0 Å². The Bertz CT molecular complexity index is 533. The molecule has 4 aliphatic rings. The summed E-state index contributed by atoms with van der Waals surface area (Å²) in [6.07, 6.45) is 5.45. The summed E-state index contributed by atoms with van der Waals surface area (Å²) in [6, 6.07) is 10.2. The van der Waals surface area contributed by atoms with E-state index in [1.807, 2.05) is 18.2 Å². The molecule has 3 aliphatic carbocycles. The molecule has 5 rings (SSSR count). The van der Waals surface area contributed by atoms with Crippen LogP contribution in [-0.4, -0.2) is 5.97 Å². The van der Waals surface area contributed by atoms with E-state index in [0.717, 1.165) is 12.0 Å². The first-order chi connectivity index (χ1) is 8.72. The highest BCUT2D eigenvalue weighted by atomic mass is 16.6. The van der Waals surface area contributed by atoms with Crippen LogP contribution in [0.4, 0.5) is 0 Å². The van der Waals surface area contributed by atoms with Crippen molar-refractivity contribution < 1.29 is 9.53 Å². The Morgan fingerprint density at radius 3 is 2.78 bits per heavy atom. The number of carbonyl (C=O) groups excluding carboxylic acids is 1. The van der Waals surface area contributed by atoms with E-state index in [1.165, 1.54) is 0 Å². The lowest BCUT2D eigenvalue weighted by atomic mass is 9.56. The zero-order valence-corrected chi connectivity index (χ0v) is 10.4. The standard InChI is InChI=1S/C16H16O2/c1-10-11-7-8-13-14(10)15(17)18-16(13,9-11)12-5-3-2-4-6-12/h2-8,10-11,13-14H,9H2,1H3. The summed E-state index contributed by atoms with van der Waals surface area (Å²) in [4.78, 5) is 12.2. The van der Waals surface area contributed by atoms with Crippen molar-refractivity contribution in [3.63, 3.8) is 0 Å². The van der Waals surface area contributed by atoms with Crippen molar-refractivity contribution >= 4 is 5.97 Å². The summed E-state index contributed by atoms with van der Waals surface area (Å²) < 4.78 is 5.87. The van der Waals surface area contributed by atoms with E-state index in [9.17, 15) is 4.79 Å². The number of ether oxygens (including phenoxy) is 1. The zero-order valence-electron chi connectivity index (χ0n) is 10.4. The quantitative estimate of drug-likeness (QED) is 0.557. The van der Waals surface area contributed by atoms with Crippen LogP contribution in [0.25, 0.3) is 0 Å². The molecule has 1 saturated carbocycles. The number of esters is 1. The Morgan fingerprint density at radius 2 is 2.00 bits per heavy atom. The van der Waals surface area contributed by atoms with Gasteiger partial charge >= 0.3 is 5.97 Å². The molecule has 1 saturated heterocycles. The van der Waals surface area contributed by atoms with E-state index in [0.29, 0.717) is 11.8 Å². The highest BCUT2D eigenvalue weighted by Gasteiger charge is 2.63. The van der Waals surface area contributed by atoms with E-state index < -0.39 is 0 Å². The van der Waals surface area contributed by atoms with Crippen LogP contribution in [0.1, 0.15) is 18.9 Å². The van der Waals surface area contributed by atoms with E-state index in [2.05, 4.69) is 31.2 Å². The molecule has 0 N–H and O–H groups in total. The maximum Gasteiger partial charge on any atom is 0.310 e. The van der Waals surface area contributed by atoms with Crippen LogP contribution in [0, 0.1) is 23.7 Å². The van der Waals surface area contributed by atoms with Crippen molar-refractivity contribution in [2.45, 2.75) is 18.9 Å². The van der Waals surface area contributed by atoms with Crippen LogP contribution in [0.5, 0.6) is 0 Å². The highest BCUT2D eigenvalue weighted by molar-refractivity contribution is 5.78. The summed E-state index contributed by atoms with van der Waals surface area (Å²) in [5.74, 6) is 1.20. The monoisotopic (exact) mass is 240 g/mol. The lowest BCUT2D eigenvalue weighted by molar-refractivity contribution is -0.151. The fraction of sp³-hybridized carbons (Fsp3) is 0.438. The Morgan fingerprint density at radius 1 is 1.22 bits per heavy atom. The predicted octanol–water partition coefficient (Wildman–Crippen LogP) is 2.90. The summed E-state index contributed by atoms with van der Waals surface area (Å²) in [6.45, 7) is 2.19. The third kappa shape index (κ3) is 1.07. The third-order valence-electron chi connectivity index (χ3n) is 5.09.